The molecular weight excluding hydrogens is 466 g/mol. The van der Waals surface area contributed by atoms with E-state index in [1.807, 2.05) is 30.3 Å². The highest BCUT2D eigenvalue weighted by atomic mass is 32.1. The third kappa shape index (κ3) is 8.17. The number of ether oxygens (including phenoxy) is 3. The zero-order chi connectivity index (χ0) is 24.9. The lowest BCUT2D eigenvalue weighted by atomic mass is 10.2. The SMILES string of the molecule is C=CCOc1ccccc1C(=O)NNC(=S)NC(=O)c1ccc(OCCOc2ccccc2)cc1. The number of benzene rings is 3. The first-order valence-corrected chi connectivity index (χ1v) is 11.1. The van der Waals surface area contributed by atoms with Gasteiger partial charge in [-0.2, -0.15) is 0 Å². The second kappa shape index (κ2) is 13.4. The maximum absolute atomic E-state index is 12.4. The molecule has 0 fully saturated rings. The molecule has 0 spiro atoms. The second-order valence-electron chi connectivity index (χ2n) is 6.99. The molecule has 0 radical (unpaired) electrons. The highest BCUT2D eigenvalue weighted by molar-refractivity contribution is 7.80. The highest BCUT2D eigenvalue weighted by Crippen LogP contribution is 2.17. The molecule has 0 aliphatic carbocycles. The minimum atomic E-state index is -0.473. The first-order valence-electron chi connectivity index (χ1n) is 10.7. The van der Waals surface area contributed by atoms with Gasteiger partial charge in [-0.25, -0.2) is 0 Å². The summed E-state index contributed by atoms with van der Waals surface area (Å²) in [6.45, 7) is 4.60. The van der Waals surface area contributed by atoms with Gasteiger partial charge in [-0.15, -0.1) is 0 Å². The van der Waals surface area contributed by atoms with Gasteiger partial charge in [0.2, 0.25) is 0 Å². The molecule has 0 heterocycles. The third-order valence-electron chi connectivity index (χ3n) is 4.49. The van der Waals surface area contributed by atoms with Gasteiger partial charge in [-0.1, -0.05) is 43.0 Å². The third-order valence-corrected chi connectivity index (χ3v) is 4.69. The van der Waals surface area contributed by atoms with E-state index in [1.54, 1.807) is 54.6 Å². The van der Waals surface area contributed by atoms with Crippen LogP contribution in [0.4, 0.5) is 0 Å². The summed E-state index contributed by atoms with van der Waals surface area (Å²) in [5.41, 5.74) is 5.63. The van der Waals surface area contributed by atoms with Crippen molar-refractivity contribution < 1.29 is 23.8 Å². The van der Waals surface area contributed by atoms with Crippen molar-refractivity contribution in [1.82, 2.24) is 16.2 Å². The number of carbonyl (C=O) groups is 2. The molecule has 0 unspecified atom stereocenters. The zero-order valence-corrected chi connectivity index (χ0v) is 19.7. The van der Waals surface area contributed by atoms with E-state index in [9.17, 15) is 9.59 Å². The maximum Gasteiger partial charge on any atom is 0.273 e. The van der Waals surface area contributed by atoms with Gasteiger partial charge in [0.25, 0.3) is 11.8 Å². The van der Waals surface area contributed by atoms with E-state index >= 15 is 0 Å². The van der Waals surface area contributed by atoms with Gasteiger partial charge in [0, 0.05) is 5.56 Å². The van der Waals surface area contributed by atoms with Gasteiger partial charge in [0.05, 0.1) is 5.56 Å². The molecule has 9 heteroatoms. The molecule has 35 heavy (non-hydrogen) atoms. The van der Waals surface area contributed by atoms with Gasteiger partial charge in [-0.3, -0.25) is 25.8 Å². The molecule has 3 N–H and O–H groups in total. The maximum atomic E-state index is 12.4. The molecular formula is C26H25N3O5S. The van der Waals surface area contributed by atoms with Crippen molar-refractivity contribution in [2.75, 3.05) is 19.8 Å². The highest BCUT2D eigenvalue weighted by Gasteiger charge is 2.13. The molecule has 8 nitrogen and oxygen atoms in total. The van der Waals surface area contributed by atoms with E-state index in [1.165, 1.54) is 0 Å². The molecule has 3 aromatic rings. The van der Waals surface area contributed by atoms with Crippen LogP contribution >= 0.6 is 12.2 Å². The minimum absolute atomic E-state index is 0.0637. The molecule has 0 aromatic heterocycles. The van der Waals surface area contributed by atoms with Crippen LogP contribution in [-0.2, 0) is 0 Å². The number of carbonyl (C=O) groups excluding carboxylic acids is 2. The van der Waals surface area contributed by atoms with Crippen molar-refractivity contribution in [3.05, 3.63) is 103 Å². The van der Waals surface area contributed by atoms with Crippen LogP contribution < -0.4 is 30.4 Å². The van der Waals surface area contributed by atoms with Crippen molar-refractivity contribution in [3.8, 4) is 17.2 Å². The Hall–Kier alpha value is -4.37. The molecule has 0 saturated carbocycles. The summed E-state index contributed by atoms with van der Waals surface area (Å²) in [5, 5.41) is 2.44. The van der Waals surface area contributed by atoms with E-state index in [0.717, 1.165) is 5.75 Å². The van der Waals surface area contributed by atoms with E-state index in [-0.39, 0.29) is 11.7 Å². The molecule has 0 aliphatic rings. The van der Waals surface area contributed by atoms with Crippen molar-refractivity contribution in [2.24, 2.45) is 0 Å². The van der Waals surface area contributed by atoms with Gasteiger partial charge in [0.1, 0.15) is 37.1 Å². The van der Waals surface area contributed by atoms with Crippen LogP contribution in [0.1, 0.15) is 20.7 Å². The van der Waals surface area contributed by atoms with Gasteiger partial charge in [0.15, 0.2) is 5.11 Å². The summed E-state index contributed by atoms with van der Waals surface area (Å²) >= 11 is 5.10. The number of hydrazine groups is 1. The zero-order valence-electron chi connectivity index (χ0n) is 18.9. The smallest absolute Gasteiger partial charge is 0.273 e. The topological polar surface area (TPSA) is 97.9 Å². The molecule has 180 valence electrons. The van der Waals surface area contributed by atoms with Crippen LogP contribution in [0.5, 0.6) is 17.2 Å². The number of thiocarbonyl (C=S) groups is 1. The van der Waals surface area contributed by atoms with Crippen molar-refractivity contribution in [2.45, 2.75) is 0 Å². The van der Waals surface area contributed by atoms with E-state index in [0.29, 0.717) is 35.8 Å². The quantitative estimate of drug-likeness (QED) is 0.172. The predicted octanol–water partition coefficient (Wildman–Crippen LogP) is 3.66. The fourth-order valence-corrected chi connectivity index (χ4v) is 3.00. The van der Waals surface area contributed by atoms with Crippen LogP contribution in [0, 0.1) is 0 Å². The lowest BCUT2D eigenvalue weighted by molar-refractivity contribution is 0.0931. The van der Waals surface area contributed by atoms with E-state index in [4.69, 9.17) is 26.4 Å². The number of hydrogen-bond donors (Lipinski definition) is 3. The number of amides is 2. The van der Waals surface area contributed by atoms with Crippen molar-refractivity contribution >= 4 is 29.1 Å². The van der Waals surface area contributed by atoms with Crippen molar-refractivity contribution in [3.63, 3.8) is 0 Å². The summed E-state index contributed by atoms with van der Waals surface area (Å²) in [6.07, 6.45) is 1.58. The molecule has 2 amide bonds. The summed E-state index contributed by atoms with van der Waals surface area (Å²) in [7, 11) is 0. The Morgan fingerprint density at radius 2 is 1.40 bits per heavy atom. The Morgan fingerprint density at radius 3 is 2.09 bits per heavy atom. The van der Waals surface area contributed by atoms with Gasteiger partial charge in [-0.05, 0) is 60.7 Å². The van der Waals surface area contributed by atoms with Crippen LogP contribution in [0.25, 0.3) is 0 Å². The van der Waals surface area contributed by atoms with E-state index < -0.39 is 11.8 Å². The number of hydrogen-bond acceptors (Lipinski definition) is 6. The Bertz CT molecular complexity index is 1150. The Morgan fingerprint density at radius 1 is 0.771 bits per heavy atom. The molecule has 0 aliphatic heterocycles. The number of nitrogens with one attached hydrogen (secondary N) is 3. The van der Waals surface area contributed by atoms with Crippen LogP contribution in [0.2, 0.25) is 0 Å². The van der Waals surface area contributed by atoms with Crippen LogP contribution in [0.15, 0.2) is 91.5 Å². The average Bonchev–Trinajstić information content (AvgIpc) is 2.89. The average molecular weight is 492 g/mol. The first-order chi connectivity index (χ1) is 17.1. The molecule has 0 saturated heterocycles. The lowest BCUT2D eigenvalue weighted by Crippen LogP contribution is -2.48. The molecule has 3 rings (SSSR count). The molecule has 3 aromatic carbocycles. The Kier molecular flexibility index (Phi) is 9.64. The Labute approximate surface area is 208 Å². The van der Waals surface area contributed by atoms with Crippen LogP contribution in [-0.4, -0.2) is 36.7 Å². The molecule has 0 bridgehead atoms. The van der Waals surface area contributed by atoms with Crippen molar-refractivity contribution in [1.29, 1.82) is 0 Å². The fraction of sp³-hybridized carbons (Fsp3) is 0.115. The largest absolute Gasteiger partial charge is 0.490 e. The summed E-state index contributed by atoms with van der Waals surface area (Å²) in [5.74, 6) is 0.859. The fourth-order valence-electron chi connectivity index (χ4n) is 2.85. The Balaban J connectivity index is 1.41. The monoisotopic (exact) mass is 491 g/mol. The van der Waals surface area contributed by atoms with Crippen LogP contribution in [0.3, 0.4) is 0 Å². The standard InChI is InChI=1S/C26H25N3O5S/c1-2-16-34-23-11-7-6-10-22(23)25(31)28-29-26(35)27-24(30)19-12-14-21(15-13-19)33-18-17-32-20-8-4-3-5-9-20/h2-15H,1,16-18H2,(H,28,31)(H2,27,29,30,35). The minimum Gasteiger partial charge on any atom is -0.490 e. The summed E-state index contributed by atoms with van der Waals surface area (Å²) < 4.78 is 16.7. The summed E-state index contributed by atoms with van der Waals surface area (Å²) in [6, 6.07) is 22.8. The lowest BCUT2D eigenvalue weighted by Gasteiger charge is -2.13. The number of para-hydroxylation sites is 2. The van der Waals surface area contributed by atoms with E-state index in [2.05, 4.69) is 22.7 Å². The van der Waals surface area contributed by atoms with Gasteiger partial charge < -0.3 is 14.2 Å². The number of rotatable bonds is 10. The normalized spacial score (nSPS) is 9.94. The predicted molar refractivity (Wildman–Crippen MR) is 137 cm³/mol. The first kappa shape index (κ1) is 25.3. The van der Waals surface area contributed by atoms with Gasteiger partial charge >= 0.3 is 0 Å². The molecule has 0 atom stereocenters. The second-order valence-corrected chi connectivity index (χ2v) is 7.40. The summed E-state index contributed by atoms with van der Waals surface area (Å²) in [4.78, 5) is 24.9.